The van der Waals surface area contributed by atoms with Gasteiger partial charge in [-0.15, -0.1) is 0 Å². The van der Waals surface area contributed by atoms with Crippen LogP contribution in [0.1, 0.15) is 5.56 Å². The Labute approximate surface area is 76.3 Å². The summed E-state index contributed by atoms with van der Waals surface area (Å²) in [7, 11) is 0. The van der Waals surface area contributed by atoms with E-state index in [1.54, 1.807) is 0 Å². The number of halogens is 4. The number of nitrogens with zero attached hydrogens (tertiary/aromatic N) is 1. The van der Waals surface area contributed by atoms with Crippen LogP contribution in [0.5, 0.6) is 5.75 Å². The van der Waals surface area contributed by atoms with Gasteiger partial charge in [0.2, 0.25) is 5.82 Å². The molecule has 0 unspecified atom stereocenters. The molecule has 0 bridgehead atoms. The average molecular weight is 205 g/mol. The van der Waals surface area contributed by atoms with Crippen LogP contribution in [0.4, 0.5) is 17.6 Å². The Morgan fingerprint density at radius 2 is 1.93 bits per heavy atom. The zero-order valence-electron chi connectivity index (χ0n) is 6.60. The Hall–Kier alpha value is -1.77. The van der Waals surface area contributed by atoms with E-state index >= 15 is 0 Å². The molecule has 0 aliphatic heterocycles. The first-order valence-electron chi connectivity index (χ1n) is 3.39. The fourth-order valence-corrected chi connectivity index (χ4v) is 0.824. The third kappa shape index (κ3) is 1.93. The second kappa shape index (κ2) is 3.96. The monoisotopic (exact) mass is 205 g/mol. The smallest absolute Gasteiger partial charge is 0.387 e. The van der Waals surface area contributed by atoms with Crippen molar-refractivity contribution in [2.45, 2.75) is 6.61 Å². The maximum atomic E-state index is 12.8. The van der Waals surface area contributed by atoms with E-state index in [0.717, 1.165) is 6.07 Å². The predicted octanol–water partition coefficient (Wildman–Crippen LogP) is 2.44. The SMILES string of the molecule is N#Cc1ccc(F)c(F)c1OC(F)F. The summed E-state index contributed by atoms with van der Waals surface area (Å²) >= 11 is 0. The van der Waals surface area contributed by atoms with Crippen LogP contribution in [0.3, 0.4) is 0 Å². The van der Waals surface area contributed by atoms with Crippen molar-refractivity contribution in [3.8, 4) is 11.8 Å². The number of hydrogen-bond donors (Lipinski definition) is 0. The highest BCUT2D eigenvalue weighted by Crippen LogP contribution is 2.25. The molecule has 0 atom stereocenters. The van der Waals surface area contributed by atoms with Crippen molar-refractivity contribution in [3.63, 3.8) is 0 Å². The zero-order valence-corrected chi connectivity index (χ0v) is 6.60. The lowest BCUT2D eigenvalue weighted by Gasteiger charge is -2.07. The summed E-state index contributed by atoms with van der Waals surface area (Å²) in [4.78, 5) is 0. The van der Waals surface area contributed by atoms with Gasteiger partial charge >= 0.3 is 6.61 Å². The normalized spacial score (nSPS) is 10.0. The first-order valence-corrected chi connectivity index (χ1v) is 3.39. The molecule has 0 fully saturated rings. The van der Waals surface area contributed by atoms with E-state index in [9.17, 15) is 17.6 Å². The summed E-state index contributed by atoms with van der Waals surface area (Å²) in [6.07, 6.45) is 0. The van der Waals surface area contributed by atoms with E-state index < -0.39 is 29.6 Å². The van der Waals surface area contributed by atoms with Gasteiger partial charge in [0.1, 0.15) is 6.07 Å². The van der Waals surface area contributed by atoms with Crippen LogP contribution in [0.15, 0.2) is 12.1 Å². The number of benzene rings is 1. The fraction of sp³-hybridized carbons (Fsp3) is 0.125. The van der Waals surface area contributed by atoms with Crippen LogP contribution >= 0.6 is 0 Å². The third-order valence-corrected chi connectivity index (χ3v) is 1.38. The number of rotatable bonds is 2. The van der Waals surface area contributed by atoms with Crippen LogP contribution in [-0.4, -0.2) is 6.61 Å². The standard InChI is InChI=1S/C8H3F4NO/c9-5-2-1-4(3-13)7(6(5)10)14-8(11)12/h1-2,8H. The maximum absolute atomic E-state index is 12.8. The Bertz CT molecular complexity index is 386. The van der Waals surface area contributed by atoms with Crippen LogP contribution in [0, 0.1) is 23.0 Å². The molecule has 0 aliphatic carbocycles. The molecule has 1 aromatic rings. The lowest BCUT2D eigenvalue weighted by Crippen LogP contribution is -2.06. The summed E-state index contributed by atoms with van der Waals surface area (Å²) in [6.45, 7) is -3.31. The van der Waals surface area contributed by atoms with Gasteiger partial charge in [0.05, 0.1) is 5.56 Å². The lowest BCUT2D eigenvalue weighted by molar-refractivity contribution is -0.0527. The maximum Gasteiger partial charge on any atom is 0.387 e. The molecule has 0 amide bonds. The first-order chi connectivity index (χ1) is 6.56. The Balaban J connectivity index is 3.23. The first kappa shape index (κ1) is 10.3. The Morgan fingerprint density at radius 3 is 2.43 bits per heavy atom. The van der Waals surface area contributed by atoms with E-state index in [4.69, 9.17) is 5.26 Å². The molecule has 2 nitrogen and oxygen atoms in total. The zero-order chi connectivity index (χ0) is 10.7. The predicted molar refractivity (Wildman–Crippen MR) is 37.7 cm³/mol. The van der Waals surface area contributed by atoms with Crippen molar-refractivity contribution in [2.75, 3.05) is 0 Å². The number of ether oxygens (including phenoxy) is 1. The molecule has 0 saturated carbocycles. The number of nitriles is 1. The van der Waals surface area contributed by atoms with Crippen molar-refractivity contribution < 1.29 is 22.3 Å². The topological polar surface area (TPSA) is 33.0 Å². The molecular weight excluding hydrogens is 202 g/mol. The van der Waals surface area contributed by atoms with Gasteiger partial charge in [-0.2, -0.15) is 18.4 Å². The molecular formula is C8H3F4NO. The summed E-state index contributed by atoms with van der Waals surface area (Å²) in [5.41, 5.74) is -0.482. The highest BCUT2D eigenvalue weighted by molar-refractivity contribution is 5.44. The average Bonchev–Trinajstić information content (AvgIpc) is 2.13. The van der Waals surface area contributed by atoms with Gasteiger partial charge in [0.15, 0.2) is 11.6 Å². The molecule has 1 rings (SSSR count). The summed E-state index contributed by atoms with van der Waals surface area (Å²) in [5, 5.41) is 8.38. The highest BCUT2D eigenvalue weighted by Gasteiger charge is 2.18. The van der Waals surface area contributed by atoms with Gasteiger partial charge in [0, 0.05) is 0 Å². The van der Waals surface area contributed by atoms with Gasteiger partial charge in [-0.1, -0.05) is 0 Å². The molecule has 0 aliphatic rings. The van der Waals surface area contributed by atoms with Gasteiger partial charge in [-0.25, -0.2) is 4.39 Å². The van der Waals surface area contributed by atoms with Gasteiger partial charge in [-0.3, -0.25) is 0 Å². The summed E-state index contributed by atoms with van der Waals surface area (Å²) < 4.78 is 52.5. The molecule has 0 aromatic heterocycles. The van der Waals surface area contributed by atoms with Crippen molar-refractivity contribution in [1.82, 2.24) is 0 Å². The summed E-state index contributed by atoms with van der Waals surface area (Å²) in [6, 6.07) is 2.92. The fourth-order valence-electron chi connectivity index (χ4n) is 0.824. The minimum Gasteiger partial charge on any atom is -0.430 e. The van der Waals surface area contributed by atoms with Crippen LogP contribution < -0.4 is 4.74 Å². The van der Waals surface area contributed by atoms with E-state index in [0.29, 0.717) is 6.07 Å². The van der Waals surface area contributed by atoms with Gasteiger partial charge in [-0.05, 0) is 12.1 Å². The quantitative estimate of drug-likeness (QED) is 0.694. The van der Waals surface area contributed by atoms with E-state index in [2.05, 4.69) is 4.74 Å². The van der Waals surface area contributed by atoms with Crippen molar-refractivity contribution in [2.24, 2.45) is 0 Å². The van der Waals surface area contributed by atoms with Crippen molar-refractivity contribution >= 4 is 0 Å². The molecule has 0 radical (unpaired) electrons. The highest BCUT2D eigenvalue weighted by atomic mass is 19.3. The molecule has 14 heavy (non-hydrogen) atoms. The van der Waals surface area contributed by atoms with Crippen molar-refractivity contribution in [1.29, 1.82) is 5.26 Å². The third-order valence-electron chi connectivity index (χ3n) is 1.38. The molecule has 0 saturated heterocycles. The minimum atomic E-state index is -3.31. The molecule has 0 heterocycles. The van der Waals surface area contributed by atoms with Crippen LogP contribution in [-0.2, 0) is 0 Å². The molecule has 1 aromatic carbocycles. The molecule has 0 N–H and O–H groups in total. The van der Waals surface area contributed by atoms with E-state index in [1.807, 2.05) is 0 Å². The van der Waals surface area contributed by atoms with Gasteiger partial charge in [0.25, 0.3) is 0 Å². The minimum absolute atomic E-state index is 0.482. The molecule has 74 valence electrons. The Kier molecular flexibility index (Phi) is 2.92. The van der Waals surface area contributed by atoms with Gasteiger partial charge < -0.3 is 4.74 Å². The van der Waals surface area contributed by atoms with Crippen LogP contribution in [0.25, 0.3) is 0 Å². The molecule has 6 heteroatoms. The Morgan fingerprint density at radius 1 is 1.29 bits per heavy atom. The largest absolute Gasteiger partial charge is 0.430 e. The number of alkyl halides is 2. The van der Waals surface area contributed by atoms with Crippen LogP contribution in [0.2, 0.25) is 0 Å². The lowest BCUT2D eigenvalue weighted by atomic mass is 10.2. The second-order valence-electron chi connectivity index (χ2n) is 2.23. The van der Waals surface area contributed by atoms with E-state index in [1.165, 1.54) is 6.07 Å². The van der Waals surface area contributed by atoms with E-state index in [-0.39, 0.29) is 0 Å². The summed E-state index contributed by atoms with van der Waals surface area (Å²) in [5.74, 6) is -4.01. The van der Waals surface area contributed by atoms with Crippen molar-refractivity contribution in [3.05, 3.63) is 29.3 Å². The molecule has 0 spiro atoms. The second-order valence-corrected chi connectivity index (χ2v) is 2.23. The number of hydrogen-bond acceptors (Lipinski definition) is 2.